The number of nitrogens with zero attached hydrogens (tertiary/aromatic N) is 4. The molecule has 1 amide bonds. The molecule has 164 valence electrons. The number of ether oxygens (including phenoxy) is 1. The smallest absolute Gasteiger partial charge is 0.421 e. The van der Waals surface area contributed by atoms with Crippen molar-refractivity contribution in [3.63, 3.8) is 0 Å². The van der Waals surface area contributed by atoms with Crippen molar-refractivity contribution in [2.24, 2.45) is 0 Å². The van der Waals surface area contributed by atoms with Crippen LogP contribution in [-0.4, -0.2) is 69.1 Å². The number of rotatable bonds is 5. The fourth-order valence-corrected chi connectivity index (χ4v) is 4.94. The SMILES string of the molecule is O=C(O)N1C2CCC1CN(c1nc3c(OC(F)(F)CO)ccc(-c4nccs4)c3o1)C2. The number of carboxylic acid groups (broad SMARTS) is 1. The summed E-state index contributed by atoms with van der Waals surface area (Å²) >= 11 is 1.36. The van der Waals surface area contributed by atoms with Crippen molar-refractivity contribution in [2.45, 2.75) is 31.0 Å². The minimum absolute atomic E-state index is 0.0869. The Labute approximate surface area is 178 Å². The first-order chi connectivity index (χ1) is 14.9. The van der Waals surface area contributed by atoms with Crippen molar-refractivity contribution in [2.75, 3.05) is 24.6 Å². The summed E-state index contributed by atoms with van der Waals surface area (Å²) in [6.45, 7) is -0.690. The summed E-state index contributed by atoms with van der Waals surface area (Å²) in [7, 11) is 0. The Balaban J connectivity index is 1.56. The number of hydrogen-bond donors (Lipinski definition) is 2. The monoisotopic (exact) mass is 452 g/mol. The Morgan fingerprint density at radius 3 is 2.68 bits per heavy atom. The van der Waals surface area contributed by atoms with E-state index in [-0.39, 0.29) is 34.9 Å². The molecule has 2 saturated heterocycles. The van der Waals surface area contributed by atoms with Crippen LogP contribution in [0.2, 0.25) is 0 Å². The summed E-state index contributed by atoms with van der Waals surface area (Å²) in [4.78, 5) is 23.5. The number of aliphatic hydroxyl groups excluding tert-OH is 1. The molecular formula is C19H18F2N4O5S. The summed E-state index contributed by atoms with van der Waals surface area (Å²) < 4.78 is 38.2. The van der Waals surface area contributed by atoms with E-state index >= 15 is 0 Å². The van der Waals surface area contributed by atoms with Crippen molar-refractivity contribution in [1.82, 2.24) is 14.9 Å². The average Bonchev–Trinajstić information content (AvgIpc) is 3.46. The Kier molecular flexibility index (Phi) is 4.70. The number of carbonyl (C=O) groups is 1. The molecule has 0 saturated carbocycles. The van der Waals surface area contributed by atoms with E-state index in [1.807, 2.05) is 4.90 Å². The van der Waals surface area contributed by atoms with Gasteiger partial charge in [0, 0.05) is 24.7 Å². The molecule has 0 radical (unpaired) electrons. The Hall–Kier alpha value is -2.99. The number of piperazine rings is 1. The molecule has 5 rings (SSSR count). The second-order valence-corrected chi connectivity index (χ2v) is 8.39. The largest absolute Gasteiger partial charge is 0.465 e. The predicted octanol–water partition coefficient (Wildman–Crippen LogP) is 3.25. The molecule has 2 aliphatic rings. The summed E-state index contributed by atoms with van der Waals surface area (Å²) in [6, 6.07) is 2.75. The Morgan fingerprint density at radius 2 is 2.06 bits per heavy atom. The minimum Gasteiger partial charge on any atom is -0.465 e. The van der Waals surface area contributed by atoms with E-state index in [0.29, 0.717) is 23.7 Å². The molecule has 0 spiro atoms. The average molecular weight is 452 g/mol. The maximum Gasteiger partial charge on any atom is 0.421 e. The maximum absolute atomic E-state index is 13.7. The van der Waals surface area contributed by atoms with Crippen LogP contribution >= 0.6 is 11.3 Å². The molecular weight excluding hydrogens is 434 g/mol. The van der Waals surface area contributed by atoms with Crippen molar-refractivity contribution in [1.29, 1.82) is 0 Å². The first-order valence-corrected chi connectivity index (χ1v) is 10.5. The van der Waals surface area contributed by atoms with Gasteiger partial charge in [0.2, 0.25) is 0 Å². The van der Waals surface area contributed by atoms with Crippen molar-refractivity contribution >= 4 is 34.5 Å². The van der Waals surface area contributed by atoms with E-state index < -0.39 is 18.8 Å². The first-order valence-electron chi connectivity index (χ1n) is 9.63. The topological polar surface area (TPSA) is 112 Å². The molecule has 2 bridgehead atoms. The van der Waals surface area contributed by atoms with Gasteiger partial charge in [-0.2, -0.15) is 13.8 Å². The van der Waals surface area contributed by atoms with Crippen molar-refractivity contribution < 1.29 is 32.9 Å². The number of halogens is 2. The molecule has 2 aromatic heterocycles. The minimum atomic E-state index is -3.78. The lowest BCUT2D eigenvalue weighted by Crippen LogP contribution is -2.55. The molecule has 2 N–H and O–H groups in total. The standard InChI is InChI=1S/C19H18F2N4O5S/c20-19(21,9-26)30-13-4-3-12(16-22-5-6-31-16)15-14(13)23-17(29-15)24-7-10-1-2-11(8-24)25(10)18(27)28/h3-6,10-11,26H,1-2,7-9H2,(H,27,28). The zero-order chi connectivity index (χ0) is 21.8. The third-order valence-electron chi connectivity index (χ3n) is 5.57. The highest BCUT2D eigenvalue weighted by Gasteiger charge is 2.44. The van der Waals surface area contributed by atoms with Crippen LogP contribution in [0.5, 0.6) is 5.75 Å². The van der Waals surface area contributed by atoms with Crippen LogP contribution in [-0.2, 0) is 0 Å². The Bertz CT molecular complexity index is 1110. The number of aliphatic hydroxyl groups is 1. The highest BCUT2D eigenvalue weighted by Crippen LogP contribution is 2.40. The van der Waals surface area contributed by atoms with Crippen LogP contribution in [0.4, 0.5) is 19.6 Å². The fraction of sp³-hybridized carbons (Fsp3) is 0.421. The molecule has 1 aromatic carbocycles. The number of thiazole rings is 1. The van der Waals surface area contributed by atoms with Gasteiger partial charge in [-0.15, -0.1) is 11.3 Å². The number of hydrogen-bond acceptors (Lipinski definition) is 8. The zero-order valence-corrected chi connectivity index (χ0v) is 16.9. The lowest BCUT2D eigenvalue weighted by atomic mass is 10.2. The predicted molar refractivity (Wildman–Crippen MR) is 107 cm³/mol. The number of benzene rings is 1. The van der Waals surface area contributed by atoms with Crippen molar-refractivity contribution in [3.8, 4) is 16.3 Å². The molecule has 0 aliphatic carbocycles. The highest BCUT2D eigenvalue weighted by molar-refractivity contribution is 7.13. The van der Waals surface area contributed by atoms with Gasteiger partial charge in [-0.3, -0.25) is 4.90 Å². The van der Waals surface area contributed by atoms with E-state index in [1.165, 1.54) is 22.3 Å². The summed E-state index contributed by atoms with van der Waals surface area (Å²) in [5.41, 5.74) is 0.906. The molecule has 9 nitrogen and oxygen atoms in total. The van der Waals surface area contributed by atoms with Crippen LogP contribution < -0.4 is 9.64 Å². The fourth-order valence-electron chi connectivity index (χ4n) is 4.28. The van der Waals surface area contributed by atoms with Crippen LogP contribution in [0, 0.1) is 0 Å². The second-order valence-electron chi connectivity index (χ2n) is 7.50. The van der Waals surface area contributed by atoms with Gasteiger partial charge in [-0.1, -0.05) is 0 Å². The zero-order valence-electron chi connectivity index (χ0n) is 16.1. The van der Waals surface area contributed by atoms with E-state index in [0.717, 1.165) is 12.8 Å². The summed E-state index contributed by atoms with van der Waals surface area (Å²) in [6.07, 6.45) is -1.61. The maximum atomic E-state index is 13.7. The Morgan fingerprint density at radius 1 is 1.32 bits per heavy atom. The summed E-state index contributed by atoms with van der Waals surface area (Å²) in [5, 5.41) is 20.8. The van der Waals surface area contributed by atoms with E-state index in [2.05, 4.69) is 9.97 Å². The van der Waals surface area contributed by atoms with Crippen LogP contribution in [0.3, 0.4) is 0 Å². The number of amides is 1. The highest BCUT2D eigenvalue weighted by atomic mass is 32.1. The third-order valence-corrected chi connectivity index (χ3v) is 6.38. The third kappa shape index (κ3) is 3.45. The number of anilines is 1. The van der Waals surface area contributed by atoms with E-state index in [1.54, 1.807) is 17.6 Å². The van der Waals surface area contributed by atoms with Gasteiger partial charge in [-0.25, -0.2) is 9.78 Å². The molecule has 2 atom stereocenters. The molecule has 2 fully saturated rings. The lowest BCUT2D eigenvalue weighted by Gasteiger charge is -2.38. The molecule has 12 heteroatoms. The quantitative estimate of drug-likeness (QED) is 0.607. The van der Waals surface area contributed by atoms with Crippen molar-refractivity contribution in [3.05, 3.63) is 23.7 Å². The normalized spacial score (nSPS) is 21.1. The van der Waals surface area contributed by atoms with E-state index in [9.17, 15) is 18.7 Å². The van der Waals surface area contributed by atoms with Gasteiger partial charge in [0.15, 0.2) is 16.8 Å². The van der Waals surface area contributed by atoms with Crippen LogP contribution in [0.1, 0.15) is 12.8 Å². The summed E-state index contributed by atoms with van der Waals surface area (Å²) in [5.74, 6) is -0.225. The number of alkyl halides is 2. The number of fused-ring (bicyclic) bond motifs is 3. The first kappa shape index (κ1) is 19.9. The van der Waals surface area contributed by atoms with Gasteiger partial charge in [0.25, 0.3) is 6.01 Å². The molecule has 4 heterocycles. The van der Waals surface area contributed by atoms with Gasteiger partial charge in [-0.05, 0) is 25.0 Å². The molecule has 2 aliphatic heterocycles. The van der Waals surface area contributed by atoms with Gasteiger partial charge in [0.1, 0.15) is 11.6 Å². The molecule has 3 aromatic rings. The van der Waals surface area contributed by atoms with Gasteiger partial charge >= 0.3 is 12.2 Å². The number of oxazole rings is 1. The second kappa shape index (κ2) is 7.31. The van der Waals surface area contributed by atoms with Crippen LogP contribution in [0.15, 0.2) is 28.1 Å². The van der Waals surface area contributed by atoms with Gasteiger partial charge in [0.05, 0.1) is 17.6 Å². The van der Waals surface area contributed by atoms with Crippen LogP contribution in [0.25, 0.3) is 21.7 Å². The molecule has 31 heavy (non-hydrogen) atoms. The molecule has 2 unspecified atom stereocenters. The van der Waals surface area contributed by atoms with Gasteiger partial charge < -0.3 is 24.3 Å². The lowest BCUT2D eigenvalue weighted by molar-refractivity contribution is -0.200. The number of aromatic nitrogens is 2. The van der Waals surface area contributed by atoms with E-state index in [4.69, 9.17) is 14.3 Å².